The van der Waals surface area contributed by atoms with Crippen LogP contribution in [0.2, 0.25) is 0 Å². The Kier molecular flexibility index (Phi) is 32.2. The van der Waals surface area contributed by atoms with Crippen molar-refractivity contribution >= 4 is 56.7 Å². The molecule has 2 atom stereocenters. The molecular formula is C19H35KO11S3. The van der Waals surface area contributed by atoms with E-state index in [-0.39, 0.29) is 87.4 Å². The van der Waals surface area contributed by atoms with Gasteiger partial charge in [-0.25, -0.2) is 9.59 Å². The predicted octanol–water partition coefficient (Wildman–Crippen LogP) is -1.75. The van der Waals surface area contributed by atoms with Crippen molar-refractivity contribution in [1.82, 2.24) is 0 Å². The largest absolute Gasteiger partial charge is 1.00 e. The van der Waals surface area contributed by atoms with Crippen LogP contribution in [0.3, 0.4) is 0 Å². The van der Waals surface area contributed by atoms with E-state index in [4.69, 9.17) is 14.2 Å². The Morgan fingerprint density at radius 1 is 0.853 bits per heavy atom. The topological polar surface area (TPSA) is 149 Å². The Hall–Kier alpha value is 0.316. The zero-order chi connectivity index (χ0) is 26.4. The van der Waals surface area contributed by atoms with Gasteiger partial charge in [-0.2, -0.15) is 8.42 Å². The Bertz CT molecular complexity index is 668. The Balaban J connectivity index is -0.000000223. The Labute approximate surface area is 255 Å². The fourth-order valence-corrected chi connectivity index (χ4v) is 2.31. The monoisotopic (exact) mass is 574 g/mol. The number of hydrogen-bond donors (Lipinski definition) is 0. The number of rotatable bonds is 13. The standard InChI is InChI=1S/C9H16O4S.C8H16O6S.C2H4OS.K/c1-4-12-9(11)7(2)13-5-6-14-8(3)10;1-4-12-8(9)7(2)13-5-6-14-15(3,10)11;1-2(3)4;/h7H,4-6H2,1-3H3;7H,4-6H2,1-3H3;1H3,(H,3,4);/q;;;+1/p-1/t2*7-;;/m00../s1. The molecule has 0 amide bonds. The van der Waals surface area contributed by atoms with Crippen molar-refractivity contribution in [3.63, 3.8) is 0 Å². The van der Waals surface area contributed by atoms with Gasteiger partial charge in [0.15, 0.2) is 17.3 Å². The summed E-state index contributed by atoms with van der Waals surface area (Å²) in [6, 6.07) is 0. The van der Waals surface area contributed by atoms with E-state index in [1.807, 2.05) is 0 Å². The molecule has 0 unspecified atom stereocenters. The van der Waals surface area contributed by atoms with Crippen LogP contribution in [0.1, 0.15) is 41.5 Å². The van der Waals surface area contributed by atoms with E-state index in [1.165, 1.54) is 32.5 Å². The van der Waals surface area contributed by atoms with Gasteiger partial charge in [0.05, 0.1) is 39.3 Å². The van der Waals surface area contributed by atoms with Crippen molar-refractivity contribution in [2.24, 2.45) is 0 Å². The molecule has 0 spiro atoms. The molecule has 0 rings (SSSR count). The van der Waals surface area contributed by atoms with Crippen LogP contribution in [0.4, 0.5) is 0 Å². The first-order valence-corrected chi connectivity index (χ1v) is 13.1. The summed E-state index contributed by atoms with van der Waals surface area (Å²) in [5, 5.41) is -0.197. The minimum absolute atomic E-state index is 0. The number of thioether (sulfide) groups is 1. The van der Waals surface area contributed by atoms with Crippen LogP contribution in [0.25, 0.3) is 0 Å². The first-order chi connectivity index (χ1) is 15.2. The zero-order valence-electron chi connectivity index (χ0n) is 21.1. The Morgan fingerprint density at radius 2 is 1.24 bits per heavy atom. The molecule has 0 aromatic carbocycles. The maximum Gasteiger partial charge on any atom is 1.00 e. The van der Waals surface area contributed by atoms with Crippen LogP contribution in [0.5, 0.6) is 0 Å². The third-order valence-electron chi connectivity index (χ3n) is 2.74. The Morgan fingerprint density at radius 3 is 1.56 bits per heavy atom. The molecule has 0 heterocycles. The minimum atomic E-state index is -3.45. The van der Waals surface area contributed by atoms with Gasteiger partial charge in [0.1, 0.15) is 0 Å². The molecule has 196 valence electrons. The van der Waals surface area contributed by atoms with Crippen molar-refractivity contribution in [3.05, 3.63) is 0 Å². The van der Waals surface area contributed by atoms with E-state index < -0.39 is 28.3 Å². The molecule has 0 aromatic heterocycles. The van der Waals surface area contributed by atoms with Crippen molar-refractivity contribution in [3.8, 4) is 0 Å². The van der Waals surface area contributed by atoms with Gasteiger partial charge in [-0.15, -0.1) is 0 Å². The number of ether oxygens (including phenoxy) is 4. The summed E-state index contributed by atoms with van der Waals surface area (Å²) in [4.78, 5) is 41.9. The van der Waals surface area contributed by atoms with Gasteiger partial charge in [0, 0.05) is 17.8 Å². The summed E-state index contributed by atoms with van der Waals surface area (Å²) in [6.45, 7) is 10.4. The van der Waals surface area contributed by atoms with E-state index in [0.717, 1.165) is 6.26 Å². The van der Waals surface area contributed by atoms with Gasteiger partial charge in [-0.1, -0.05) is 11.8 Å². The maximum atomic E-state index is 11.1. The summed E-state index contributed by atoms with van der Waals surface area (Å²) in [7, 11) is -3.45. The van der Waals surface area contributed by atoms with Crippen molar-refractivity contribution in [1.29, 1.82) is 0 Å². The van der Waals surface area contributed by atoms with E-state index in [2.05, 4.69) is 21.5 Å². The van der Waals surface area contributed by atoms with Crippen molar-refractivity contribution in [2.45, 2.75) is 53.8 Å². The molecule has 0 N–H and O–H groups in total. The molecule has 0 aliphatic carbocycles. The average Bonchev–Trinajstić information content (AvgIpc) is 2.67. The minimum Gasteiger partial charge on any atom is -0.742 e. The zero-order valence-corrected chi connectivity index (χ0v) is 26.7. The summed E-state index contributed by atoms with van der Waals surface area (Å²) < 4.78 is 45.1. The maximum absolute atomic E-state index is 11.1. The van der Waals surface area contributed by atoms with Crippen LogP contribution >= 0.6 is 11.8 Å². The number of carbonyl (C=O) groups is 4. The van der Waals surface area contributed by atoms with Gasteiger partial charge >= 0.3 is 63.3 Å². The van der Waals surface area contributed by atoms with E-state index in [9.17, 15) is 27.6 Å². The molecule has 0 aromatic rings. The summed E-state index contributed by atoms with van der Waals surface area (Å²) in [5.41, 5.74) is 0. The van der Waals surface area contributed by atoms with Crippen LogP contribution in [0.15, 0.2) is 0 Å². The van der Waals surface area contributed by atoms with Crippen molar-refractivity contribution < 1.29 is 102 Å². The van der Waals surface area contributed by atoms with Crippen LogP contribution in [-0.4, -0.2) is 87.8 Å². The molecule has 0 aliphatic rings. The molecule has 0 fully saturated rings. The summed E-state index contributed by atoms with van der Waals surface area (Å²) in [5.74, 6) is -0.267. The van der Waals surface area contributed by atoms with E-state index in [1.54, 1.807) is 20.8 Å². The number of esters is 2. The second-order valence-electron chi connectivity index (χ2n) is 5.89. The molecule has 0 saturated heterocycles. The molecule has 0 aliphatic heterocycles. The predicted molar refractivity (Wildman–Crippen MR) is 126 cm³/mol. The third-order valence-corrected chi connectivity index (χ3v) is 4.11. The van der Waals surface area contributed by atoms with Crippen LogP contribution in [-0.2, 0) is 65.1 Å². The SMILES string of the molecule is CC(=O)[S-].CCOC(=O)[C@H](C)OCCOS(C)(=O)=O.CCOC(=O)[C@H](C)OCCSC(C)=O.[K+]. The number of hydrogen-bond acceptors (Lipinski definition) is 13. The van der Waals surface area contributed by atoms with Crippen LogP contribution in [0, 0.1) is 0 Å². The van der Waals surface area contributed by atoms with Gasteiger partial charge in [-0.05, 0) is 34.6 Å². The normalized spacial score (nSPS) is 11.7. The second-order valence-corrected chi connectivity index (χ2v) is 9.38. The molecule has 11 nitrogen and oxygen atoms in total. The summed E-state index contributed by atoms with van der Waals surface area (Å²) >= 11 is 5.16. The van der Waals surface area contributed by atoms with Crippen molar-refractivity contribution in [2.75, 3.05) is 45.0 Å². The molecular weight excluding hydrogens is 539 g/mol. The smallest absolute Gasteiger partial charge is 0.742 e. The fourth-order valence-electron chi connectivity index (χ4n) is 1.48. The molecule has 0 radical (unpaired) electrons. The third kappa shape index (κ3) is 36.9. The second kappa shape index (κ2) is 26.4. The quantitative estimate of drug-likeness (QED) is 0.0805. The van der Waals surface area contributed by atoms with Gasteiger partial charge in [0.2, 0.25) is 0 Å². The van der Waals surface area contributed by atoms with Crippen LogP contribution < -0.4 is 51.4 Å². The van der Waals surface area contributed by atoms with Gasteiger partial charge in [0.25, 0.3) is 10.1 Å². The first kappa shape index (κ1) is 41.4. The van der Waals surface area contributed by atoms with Gasteiger partial charge in [-0.3, -0.25) is 8.98 Å². The molecule has 0 bridgehead atoms. The summed E-state index contributed by atoms with van der Waals surface area (Å²) in [6.07, 6.45) is -0.322. The van der Waals surface area contributed by atoms with E-state index >= 15 is 0 Å². The van der Waals surface area contributed by atoms with E-state index in [0.29, 0.717) is 19.0 Å². The number of carbonyl (C=O) groups excluding carboxylic acids is 4. The fraction of sp³-hybridized carbons (Fsp3) is 0.789. The van der Waals surface area contributed by atoms with Gasteiger partial charge < -0.3 is 36.4 Å². The molecule has 0 saturated carbocycles. The first-order valence-electron chi connectivity index (χ1n) is 9.89. The molecule has 34 heavy (non-hydrogen) atoms. The average molecular weight is 575 g/mol. The molecule has 15 heteroatoms.